The first-order valence-electron chi connectivity index (χ1n) is 8.48. The number of fused-ring (bicyclic) bond motifs is 1. The molecular formula is C18H20BNO7. The van der Waals surface area contributed by atoms with Crippen LogP contribution in [0.2, 0.25) is 0 Å². The maximum atomic E-state index is 12.2. The summed E-state index contributed by atoms with van der Waals surface area (Å²) in [4.78, 5) is 35.1. The summed E-state index contributed by atoms with van der Waals surface area (Å²) >= 11 is 0. The van der Waals surface area contributed by atoms with Gasteiger partial charge in [0, 0.05) is 19.3 Å². The van der Waals surface area contributed by atoms with Crippen LogP contribution in [-0.4, -0.2) is 42.7 Å². The zero-order valence-corrected chi connectivity index (χ0v) is 14.9. The molecule has 1 aliphatic rings. The average molecular weight is 373 g/mol. The molecule has 8 nitrogen and oxygen atoms in total. The molecule has 2 rings (SSSR count). The molecule has 1 aliphatic heterocycles. The minimum Gasteiger partial charge on any atom is -0.534 e. The predicted molar refractivity (Wildman–Crippen MR) is 95.4 cm³/mol. The summed E-state index contributed by atoms with van der Waals surface area (Å²) in [6, 6.07) is 4.82. The molecule has 0 fully saturated rings. The number of rotatable bonds is 7. The van der Waals surface area contributed by atoms with E-state index in [2.05, 4.69) is 11.2 Å². The quantitative estimate of drug-likeness (QED) is 0.312. The van der Waals surface area contributed by atoms with Crippen molar-refractivity contribution in [2.24, 2.45) is 0 Å². The van der Waals surface area contributed by atoms with Gasteiger partial charge in [-0.15, -0.1) is 12.3 Å². The summed E-state index contributed by atoms with van der Waals surface area (Å²) in [5.74, 6) is 0.341. The maximum Gasteiger partial charge on any atom is 0.547 e. The molecule has 0 saturated carbocycles. The number of terminal acetylenes is 1. The van der Waals surface area contributed by atoms with Gasteiger partial charge in [-0.05, 0) is 18.1 Å². The number of hydrogen-bond donors (Lipinski definition) is 2. The Balaban J connectivity index is 2.05. The Kier molecular flexibility index (Phi) is 7.26. The van der Waals surface area contributed by atoms with Gasteiger partial charge < -0.3 is 24.5 Å². The van der Waals surface area contributed by atoms with Crippen molar-refractivity contribution in [3.05, 3.63) is 29.3 Å². The van der Waals surface area contributed by atoms with Crippen LogP contribution in [0, 0.1) is 12.3 Å². The fraction of sp³-hybridized carbons (Fsp3) is 0.389. The molecule has 1 atom stereocenters. The van der Waals surface area contributed by atoms with E-state index in [0.717, 1.165) is 0 Å². The number of benzene rings is 1. The topological polar surface area (TPSA) is 111 Å². The highest BCUT2D eigenvalue weighted by molar-refractivity contribution is 6.47. The SMILES string of the molecule is C#CCCC(=O)N[C@H]1Cc2cccc(C(=O)OCOC(=O)CC)c2OB1O. The Morgan fingerprint density at radius 1 is 1.41 bits per heavy atom. The molecule has 2 N–H and O–H groups in total. The van der Waals surface area contributed by atoms with E-state index >= 15 is 0 Å². The molecular weight excluding hydrogens is 353 g/mol. The van der Waals surface area contributed by atoms with Gasteiger partial charge in [-0.2, -0.15) is 0 Å². The second-order valence-corrected chi connectivity index (χ2v) is 5.80. The molecule has 0 aliphatic carbocycles. The van der Waals surface area contributed by atoms with Crippen LogP contribution in [0.5, 0.6) is 5.75 Å². The highest BCUT2D eigenvalue weighted by Crippen LogP contribution is 2.30. The third-order valence-electron chi connectivity index (χ3n) is 3.88. The molecule has 0 spiro atoms. The van der Waals surface area contributed by atoms with E-state index in [1.54, 1.807) is 19.1 Å². The molecule has 1 amide bonds. The summed E-state index contributed by atoms with van der Waals surface area (Å²) in [5, 5.41) is 12.8. The molecule has 142 valence electrons. The molecule has 0 unspecified atom stereocenters. The van der Waals surface area contributed by atoms with Crippen LogP contribution >= 0.6 is 0 Å². The highest BCUT2D eigenvalue weighted by Gasteiger charge is 2.37. The Morgan fingerprint density at radius 2 is 2.19 bits per heavy atom. The molecule has 1 aromatic carbocycles. The second kappa shape index (κ2) is 9.64. The lowest BCUT2D eigenvalue weighted by molar-refractivity contribution is -0.151. The van der Waals surface area contributed by atoms with Gasteiger partial charge in [0.15, 0.2) is 0 Å². The van der Waals surface area contributed by atoms with Crippen LogP contribution in [0.4, 0.5) is 0 Å². The third-order valence-corrected chi connectivity index (χ3v) is 3.88. The zero-order chi connectivity index (χ0) is 19.8. The number of ether oxygens (including phenoxy) is 2. The van der Waals surface area contributed by atoms with E-state index in [1.807, 2.05) is 0 Å². The second-order valence-electron chi connectivity index (χ2n) is 5.80. The molecule has 0 saturated heterocycles. The minimum absolute atomic E-state index is 0.0937. The van der Waals surface area contributed by atoms with Crippen LogP contribution in [0.3, 0.4) is 0 Å². The average Bonchev–Trinajstić information content (AvgIpc) is 2.66. The predicted octanol–water partition coefficient (Wildman–Crippen LogP) is 0.607. The standard InChI is InChI=1S/C18H20BNO7/c1-3-5-9-15(21)20-14-10-12-7-6-8-13(17(12)27-19(14)24)18(23)26-11-25-16(22)4-2/h1,6-8,14,24H,4-5,9-11H2,2H3,(H,20,21)/t14-/m0/s1. The van der Waals surface area contributed by atoms with E-state index in [4.69, 9.17) is 20.6 Å². The third kappa shape index (κ3) is 5.49. The molecule has 1 heterocycles. The number of carbonyl (C=O) groups excluding carboxylic acids is 3. The van der Waals surface area contributed by atoms with Gasteiger partial charge in [0.25, 0.3) is 0 Å². The van der Waals surface area contributed by atoms with Gasteiger partial charge in [-0.25, -0.2) is 4.79 Å². The van der Waals surface area contributed by atoms with Crippen LogP contribution < -0.4 is 9.97 Å². The zero-order valence-electron chi connectivity index (χ0n) is 14.9. The van der Waals surface area contributed by atoms with Gasteiger partial charge in [0.2, 0.25) is 12.7 Å². The molecule has 27 heavy (non-hydrogen) atoms. The summed E-state index contributed by atoms with van der Waals surface area (Å²) in [6.07, 6.45) is 6.01. The Bertz CT molecular complexity index is 759. The van der Waals surface area contributed by atoms with E-state index in [0.29, 0.717) is 12.0 Å². The van der Waals surface area contributed by atoms with Crippen molar-refractivity contribution in [3.63, 3.8) is 0 Å². The summed E-state index contributed by atoms with van der Waals surface area (Å²) in [6.45, 7) is 1.11. The summed E-state index contributed by atoms with van der Waals surface area (Å²) in [7, 11) is -1.33. The number of carbonyl (C=O) groups is 3. The monoisotopic (exact) mass is 373 g/mol. The van der Waals surface area contributed by atoms with Gasteiger partial charge in [-0.3, -0.25) is 9.59 Å². The Hall–Kier alpha value is -2.99. The van der Waals surface area contributed by atoms with E-state index in [1.165, 1.54) is 6.07 Å². The smallest absolute Gasteiger partial charge is 0.534 e. The summed E-state index contributed by atoms with van der Waals surface area (Å²) < 4.78 is 15.1. The van der Waals surface area contributed by atoms with Gasteiger partial charge >= 0.3 is 19.1 Å². The van der Waals surface area contributed by atoms with Crippen LogP contribution in [0.1, 0.15) is 42.1 Å². The van der Waals surface area contributed by atoms with Crippen LogP contribution in [-0.2, 0) is 25.5 Å². The van der Waals surface area contributed by atoms with Gasteiger partial charge in [0.05, 0.1) is 5.94 Å². The minimum atomic E-state index is -1.33. The lowest BCUT2D eigenvalue weighted by Gasteiger charge is -2.29. The van der Waals surface area contributed by atoms with E-state index in [-0.39, 0.29) is 36.5 Å². The molecule has 1 aromatic rings. The largest absolute Gasteiger partial charge is 0.547 e. The fourth-order valence-corrected chi connectivity index (χ4v) is 2.50. The lowest BCUT2D eigenvalue weighted by atomic mass is 9.72. The van der Waals surface area contributed by atoms with E-state index < -0.39 is 31.8 Å². The van der Waals surface area contributed by atoms with Crippen molar-refractivity contribution in [2.75, 3.05) is 6.79 Å². The molecule has 0 aromatic heterocycles. The van der Waals surface area contributed by atoms with Gasteiger partial charge in [-0.1, -0.05) is 19.1 Å². The Labute approximate surface area is 157 Å². The first kappa shape index (κ1) is 20.3. The lowest BCUT2D eigenvalue weighted by Crippen LogP contribution is -2.53. The number of amides is 1. The normalized spacial score (nSPS) is 15.0. The maximum absolute atomic E-state index is 12.2. The summed E-state index contributed by atoms with van der Waals surface area (Å²) in [5.41, 5.74) is 0.721. The first-order valence-corrected chi connectivity index (χ1v) is 8.48. The molecule has 0 radical (unpaired) electrons. The number of para-hydroxylation sites is 1. The number of esters is 2. The van der Waals surface area contributed by atoms with Crippen LogP contribution in [0.15, 0.2) is 18.2 Å². The van der Waals surface area contributed by atoms with Crippen molar-refractivity contribution in [3.8, 4) is 18.1 Å². The Morgan fingerprint density at radius 3 is 2.89 bits per heavy atom. The first-order chi connectivity index (χ1) is 13.0. The molecule has 9 heteroatoms. The number of nitrogens with one attached hydrogen (secondary N) is 1. The van der Waals surface area contributed by atoms with Crippen molar-refractivity contribution >= 4 is 25.0 Å². The van der Waals surface area contributed by atoms with E-state index in [9.17, 15) is 19.4 Å². The fourth-order valence-electron chi connectivity index (χ4n) is 2.50. The van der Waals surface area contributed by atoms with Crippen molar-refractivity contribution in [2.45, 2.75) is 38.5 Å². The van der Waals surface area contributed by atoms with Crippen molar-refractivity contribution < 1.29 is 33.5 Å². The number of hydrogen-bond acceptors (Lipinski definition) is 7. The van der Waals surface area contributed by atoms with Crippen molar-refractivity contribution in [1.82, 2.24) is 5.32 Å². The van der Waals surface area contributed by atoms with Gasteiger partial charge in [0.1, 0.15) is 11.3 Å². The highest BCUT2D eigenvalue weighted by atomic mass is 16.7. The van der Waals surface area contributed by atoms with Crippen LogP contribution in [0.25, 0.3) is 0 Å². The van der Waals surface area contributed by atoms with Crippen molar-refractivity contribution in [1.29, 1.82) is 0 Å². The molecule has 0 bridgehead atoms.